The Labute approximate surface area is 192 Å². The number of hydrogen-bond donors (Lipinski definition) is 1. The molecule has 0 saturated carbocycles. The molecule has 0 radical (unpaired) electrons. The highest BCUT2D eigenvalue weighted by Crippen LogP contribution is 2.16. The first-order valence-corrected chi connectivity index (χ1v) is 14.7. The van der Waals surface area contributed by atoms with Gasteiger partial charge < -0.3 is 5.32 Å². The van der Waals surface area contributed by atoms with Gasteiger partial charge in [-0.25, -0.2) is 0 Å². The number of nitrogens with one attached hydrogen (secondary N) is 1. The molecule has 0 aliphatic carbocycles. The molecule has 0 aromatic heterocycles. The van der Waals surface area contributed by atoms with Crippen molar-refractivity contribution in [3.8, 4) is 0 Å². The molecule has 30 heavy (non-hydrogen) atoms. The molecule has 0 amide bonds. The molecule has 1 saturated heterocycles. The molecule has 1 heteroatoms. The molecule has 1 fully saturated rings. The van der Waals surface area contributed by atoms with Gasteiger partial charge in [0.05, 0.1) is 0 Å². The second-order valence-electron chi connectivity index (χ2n) is 10.3. The van der Waals surface area contributed by atoms with Gasteiger partial charge in [0, 0.05) is 0 Å². The van der Waals surface area contributed by atoms with Crippen LogP contribution in [-0.2, 0) is 0 Å². The fourth-order valence-electron chi connectivity index (χ4n) is 5.04. The molecule has 0 atom stereocenters. The summed E-state index contributed by atoms with van der Waals surface area (Å²) in [5, 5.41) is 3.66. The van der Waals surface area contributed by atoms with E-state index in [1.807, 2.05) is 0 Å². The van der Waals surface area contributed by atoms with Crippen molar-refractivity contribution >= 4 is 0 Å². The summed E-state index contributed by atoms with van der Waals surface area (Å²) >= 11 is 0. The Hall–Kier alpha value is -0.0400. The highest BCUT2D eigenvalue weighted by Gasteiger charge is 1.97. The maximum absolute atomic E-state index is 3.66. The van der Waals surface area contributed by atoms with E-state index in [1.165, 1.54) is 186 Å². The van der Waals surface area contributed by atoms with Crippen molar-refractivity contribution in [2.45, 2.75) is 173 Å². The van der Waals surface area contributed by atoms with Crippen molar-refractivity contribution in [2.75, 3.05) is 13.1 Å². The Kier molecular flexibility index (Phi) is 23.5. The lowest BCUT2D eigenvalue weighted by atomic mass is 10.0. The van der Waals surface area contributed by atoms with E-state index in [2.05, 4.69) is 5.32 Å². The first-order chi connectivity index (χ1) is 15.0. The third-order valence-electron chi connectivity index (χ3n) is 7.21. The van der Waals surface area contributed by atoms with Crippen LogP contribution in [0.25, 0.3) is 0 Å². The molecular weight excluding hydrogens is 362 g/mol. The largest absolute Gasteiger partial charge is 0.317 e. The molecule has 1 aliphatic rings. The standard InChI is InChI=1S/C29H59N/c1-2-4-6-8-10-12-14-16-18-20-22-24-26-28-30-29-27-25-23-21-19-17-15-13-11-9-7-5-3-1/h30H,1-29H2. The zero-order valence-corrected chi connectivity index (χ0v) is 21.0. The zero-order chi connectivity index (χ0) is 21.2. The summed E-state index contributed by atoms with van der Waals surface area (Å²) in [6, 6.07) is 0. The topological polar surface area (TPSA) is 12.0 Å². The average Bonchev–Trinajstić information content (AvgIpc) is 2.76. The molecule has 0 spiro atoms. The monoisotopic (exact) mass is 421 g/mol. The number of hydrogen-bond acceptors (Lipinski definition) is 1. The predicted octanol–water partition coefficient (Wildman–Crippen LogP) is 10.1. The Morgan fingerprint density at radius 2 is 0.300 bits per heavy atom. The van der Waals surface area contributed by atoms with Gasteiger partial charge in [-0.1, -0.05) is 161 Å². The lowest BCUT2D eigenvalue weighted by Gasteiger charge is -2.06. The minimum atomic E-state index is 1.25. The van der Waals surface area contributed by atoms with Gasteiger partial charge in [-0.05, 0) is 25.9 Å². The summed E-state index contributed by atoms with van der Waals surface area (Å²) in [6.07, 6.45) is 39.8. The van der Waals surface area contributed by atoms with Gasteiger partial charge in [0.1, 0.15) is 0 Å². The van der Waals surface area contributed by atoms with Crippen LogP contribution in [0.3, 0.4) is 0 Å². The maximum atomic E-state index is 3.66. The Morgan fingerprint density at radius 1 is 0.167 bits per heavy atom. The minimum absolute atomic E-state index is 1.25. The third kappa shape index (κ3) is 22.6. The van der Waals surface area contributed by atoms with Gasteiger partial charge in [0.15, 0.2) is 0 Å². The van der Waals surface area contributed by atoms with E-state index in [-0.39, 0.29) is 0 Å². The van der Waals surface area contributed by atoms with Gasteiger partial charge in [0.2, 0.25) is 0 Å². The van der Waals surface area contributed by atoms with E-state index in [9.17, 15) is 0 Å². The van der Waals surface area contributed by atoms with Crippen molar-refractivity contribution in [1.29, 1.82) is 0 Å². The van der Waals surface area contributed by atoms with Gasteiger partial charge in [-0.3, -0.25) is 0 Å². The van der Waals surface area contributed by atoms with E-state index in [0.29, 0.717) is 0 Å². The number of rotatable bonds is 0. The summed E-state index contributed by atoms with van der Waals surface area (Å²) in [5.41, 5.74) is 0. The zero-order valence-electron chi connectivity index (χ0n) is 21.0. The van der Waals surface area contributed by atoms with Crippen molar-refractivity contribution < 1.29 is 0 Å². The molecule has 180 valence electrons. The Balaban J connectivity index is 2.00. The van der Waals surface area contributed by atoms with Crippen molar-refractivity contribution in [2.24, 2.45) is 0 Å². The van der Waals surface area contributed by atoms with Crippen LogP contribution in [0.15, 0.2) is 0 Å². The predicted molar refractivity (Wildman–Crippen MR) is 138 cm³/mol. The van der Waals surface area contributed by atoms with Gasteiger partial charge >= 0.3 is 0 Å². The normalized spacial score (nSPS) is 24.0. The van der Waals surface area contributed by atoms with Gasteiger partial charge in [-0.2, -0.15) is 0 Å². The van der Waals surface area contributed by atoms with Crippen molar-refractivity contribution in [3.05, 3.63) is 0 Å². The molecule has 1 N–H and O–H groups in total. The molecule has 0 bridgehead atoms. The fraction of sp³-hybridized carbons (Fsp3) is 1.00. The van der Waals surface area contributed by atoms with E-state index >= 15 is 0 Å². The lowest BCUT2D eigenvalue weighted by molar-refractivity contribution is 0.507. The lowest BCUT2D eigenvalue weighted by Crippen LogP contribution is -2.16. The second-order valence-corrected chi connectivity index (χ2v) is 10.3. The van der Waals surface area contributed by atoms with Crippen LogP contribution in [0, 0.1) is 0 Å². The van der Waals surface area contributed by atoms with E-state index < -0.39 is 0 Å². The van der Waals surface area contributed by atoms with Crippen LogP contribution in [0.1, 0.15) is 173 Å². The van der Waals surface area contributed by atoms with Crippen LogP contribution in [0.5, 0.6) is 0 Å². The Bertz CT molecular complexity index is 154. The molecule has 1 rings (SSSR count). The summed E-state index contributed by atoms with van der Waals surface area (Å²) in [7, 11) is 0. The van der Waals surface area contributed by atoms with Crippen LogP contribution in [0.2, 0.25) is 0 Å². The van der Waals surface area contributed by atoms with Gasteiger partial charge in [0.25, 0.3) is 0 Å². The molecule has 0 aromatic rings. The highest BCUT2D eigenvalue weighted by atomic mass is 14.8. The minimum Gasteiger partial charge on any atom is -0.317 e. The average molecular weight is 422 g/mol. The Morgan fingerprint density at radius 3 is 0.467 bits per heavy atom. The highest BCUT2D eigenvalue weighted by molar-refractivity contribution is 4.54. The second kappa shape index (κ2) is 25.2. The van der Waals surface area contributed by atoms with Crippen molar-refractivity contribution in [3.63, 3.8) is 0 Å². The van der Waals surface area contributed by atoms with E-state index in [1.54, 1.807) is 0 Å². The summed E-state index contributed by atoms with van der Waals surface area (Å²) in [4.78, 5) is 0. The summed E-state index contributed by atoms with van der Waals surface area (Å²) < 4.78 is 0. The third-order valence-corrected chi connectivity index (χ3v) is 7.21. The van der Waals surface area contributed by atoms with Crippen LogP contribution >= 0.6 is 0 Å². The smallest absolute Gasteiger partial charge is 0.00489 e. The first-order valence-electron chi connectivity index (χ1n) is 14.7. The van der Waals surface area contributed by atoms with Crippen LogP contribution in [-0.4, -0.2) is 13.1 Å². The molecule has 0 aromatic carbocycles. The molecule has 1 heterocycles. The van der Waals surface area contributed by atoms with Gasteiger partial charge in [-0.15, -0.1) is 0 Å². The van der Waals surface area contributed by atoms with Crippen LogP contribution < -0.4 is 5.32 Å². The first kappa shape index (κ1) is 28.0. The van der Waals surface area contributed by atoms with Crippen molar-refractivity contribution in [1.82, 2.24) is 5.32 Å². The fourth-order valence-corrected chi connectivity index (χ4v) is 5.04. The molecule has 1 aliphatic heterocycles. The molecule has 1 nitrogen and oxygen atoms in total. The van der Waals surface area contributed by atoms with Crippen LogP contribution in [0.4, 0.5) is 0 Å². The van der Waals surface area contributed by atoms with E-state index in [4.69, 9.17) is 0 Å². The molecule has 0 unspecified atom stereocenters. The van der Waals surface area contributed by atoms with E-state index in [0.717, 1.165) is 0 Å². The SMILES string of the molecule is C1CCCCCCCCCCCCCCNCCCCCCCCCCCCCC1. The summed E-state index contributed by atoms with van der Waals surface area (Å²) in [6.45, 7) is 2.50. The molecular formula is C29H59N. The maximum Gasteiger partial charge on any atom is -0.00489 e. The summed E-state index contributed by atoms with van der Waals surface area (Å²) in [5.74, 6) is 0. The quantitative estimate of drug-likeness (QED) is 0.410.